The topological polar surface area (TPSA) is 35.5 Å². The van der Waals surface area contributed by atoms with E-state index in [2.05, 4.69) is 49.0 Å². The molecule has 0 aromatic heterocycles. The summed E-state index contributed by atoms with van der Waals surface area (Å²) in [6.45, 7) is 6.25. The molecule has 5 heteroatoms. The van der Waals surface area contributed by atoms with E-state index in [9.17, 15) is 5.11 Å². The van der Waals surface area contributed by atoms with Gasteiger partial charge in [-0.25, -0.2) is 0 Å². The second-order valence-corrected chi connectivity index (χ2v) is 6.21. The molecule has 0 bridgehead atoms. The summed E-state index contributed by atoms with van der Waals surface area (Å²) in [7, 11) is 0. The summed E-state index contributed by atoms with van der Waals surface area (Å²) in [5.41, 5.74) is 0.994. The Labute approximate surface area is 125 Å². The van der Waals surface area contributed by atoms with Crippen molar-refractivity contribution in [2.24, 2.45) is 0 Å². The summed E-state index contributed by atoms with van der Waals surface area (Å²) in [5.74, 6) is 0.356. The highest BCUT2D eigenvalue weighted by atomic mass is 79.9. The zero-order valence-corrected chi connectivity index (χ0v) is 13.6. The molecule has 1 aliphatic rings. The maximum Gasteiger partial charge on any atom is 0.135 e. The van der Waals surface area contributed by atoms with E-state index in [-0.39, 0.29) is 6.04 Å². The Hall–Kier alpha value is -0.100. The number of piperazine rings is 1. The number of hydrogen-bond donors (Lipinski definition) is 2. The van der Waals surface area contributed by atoms with Gasteiger partial charge in [-0.1, -0.05) is 22.9 Å². The van der Waals surface area contributed by atoms with Crippen molar-refractivity contribution in [3.05, 3.63) is 26.6 Å². The molecule has 0 radical (unpaired) electrons. The van der Waals surface area contributed by atoms with Crippen LogP contribution in [0.15, 0.2) is 21.1 Å². The number of phenolic OH excluding ortho intramolecular Hbond substituents is 1. The van der Waals surface area contributed by atoms with Gasteiger partial charge in [-0.15, -0.1) is 0 Å². The maximum absolute atomic E-state index is 10.3. The zero-order chi connectivity index (χ0) is 13.1. The predicted octanol–water partition coefficient (Wildman–Crippen LogP) is 3.27. The van der Waals surface area contributed by atoms with Crippen molar-refractivity contribution >= 4 is 31.9 Å². The molecule has 1 aromatic rings. The van der Waals surface area contributed by atoms with Crippen molar-refractivity contribution < 1.29 is 5.11 Å². The molecule has 0 unspecified atom stereocenters. The van der Waals surface area contributed by atoms with Crippen LogP contribution in [0.5, 0.6) is 5.75 Å². The lowest BCUT2D eigenvalue weighted by molar-refractivity contribution is 0.166. The molecule has 0 amide bonds. The summed E-state index contributed by atoms with van der Waals surface area (Å²) in [5, 5.41) is 13.7. The van der Waals surface area contributed by atoms with Gasteiger partial charge in [0, 0.05) is 42.3 Å². The van der Waals surface area contributed by atoms with E-state index >= 15 is 0 Å². The molecule has 18 heavy (non-hydrogen) atoms. The third-order valence-corrected chi connectivity index (χ3v) is 4.76. The summed E-state index contributed by atoms with van der Waals surface area (Å²) >= 11 is 6.97. The molecule has 1 saturated heterocycles. The Bertz CT molecular complexity index is 420. The quantitative estimate of drug-likeness (QED) is 0.848. The molecule has 1 aliphatic heterocycles. The fourth-order valence-corrected chi connectivity index (χ4v) is 3.44. The first-order valence-corrected chi connectivity index (χ1v) is 7.85. The molecule has 0 spiro atoms. The minimum atomic E-state index is 0.263. The van der Waals surface area contributed by atoms with Crippen LogP contribution in [0.3, 0.4) is 0 Å². The van der Waals surface area contributed by atoms with Crippen LogP contribution < -0.4 is 5.32 Å². The third-order valence-electron chi connectivity index (χ3n) is 3.43. The Kier molecular flexibility index (Phi) is 5.06. The van der Waals surface area contributed by atoms with Crippen LogP contribution in [0.2, 0.25) is 0 Å². The van der Waals surface area contributed by atoms with Crippen LogP contribution in [0.25, 0.3) is 0 Å². The average molecular weight is 378 g/mol. The number of hydrogen-bond acceptors (Lipinski definition) is 3. The monoisotopic (exact) mass is 376 g/mol. The summed E-state index contributed by atoms with van der Waals surface area (Å²) in [6.07, 6.45) is 0.989. The van der Waals surface area contributed by atoms with Crippen molar-refractivity contribution in [3.8, 4) is 5.75 Å². The minimum Gasteiger partial charge on any atom is -0.506 e. The largest absolute Gasteiger partial charge is 0.506 e. The van der Waals surface area contributed by atoms with Crippen LogP contribution >= 0.6 is 31.9 Å². The SMILES string of the molecule is CC[C@@H](c1c(Br)ccc(Br)c1O)N1CCNCC1. The van der Waals surface area contributed by atoms with E-state index in [1.807, 2.05) is 12.1 Å². The molecule has 1 heterocycles. The summed E-state index contributed by atoms with van der Waals surface area (Å²) < 4.78 is 1.74. The number of nitrogens with one attached hydrogen (secondary N) is 1. The fourth-order valence-electron chi connectivity index (χ4n) is 2.51. The van der Waals surface area contributed by atoms with E-state index < -0.39 is 0 Å². The van der Waals surface area contributed by atoms with E-state index in [0.717, 1.165) is 47.1 Å². The molecule has 3 nitrogen and oxygen atoms in total. The van der Waals surface area contributed by atoms with Crippen LogP contribution in [0.4, 0.5) is 0 Å². The second-order valence-electron chi connectivity index (χ2n) is 4.50. The number of phenols is 1. The van der Waals surface area contributed by atoms with Gasteiger partial charge in [-0.2, -0.15) is 0 Å². The molecule has 1 atom stereocenters. The molecule has 100 valence electrons. The van der Waals surface area contributed by atoms with Gasteiger partial charge in [-0.05, 0) is 34.5 Å². The predicted molar refractivity (Wildman–Crippen MR) is 81.0 cm³/mol. The van der Waals surface area contributed by atoms with Gasteiger partial charge in [0.25, 0.3) is 0 Å². The Morgan fingerprint density at radius 1 is 1.28 bits per heavy atom. The van der Waals surface area contributed by atoms with Crippen molar-refractivity contribution in [2.45, 2.75) is 19.4 Å². The zero-order valence-electron chi connectivity index (χ0n) is 10.4. The van der Waals surface area contributed by atoms with Gasteiger partial charge in [0.15, 0.2) is 0 Å². The smallest absolute Gasteiger partial charge is 0.135 e. The molecule has 2 N–H and O–H groups in total. The van der Waals surface area contributed by atoms with Gasteiger partial charge in [0.05, 0.1) is 4.47 Å². The molecule has 1 fully saturated rings. The highest BCUT2D eigenvalue weighted by molar-refractivity contribution is 9.11. The number of rotatable bonds is 3. The van der Waals surface area contributed by atoms with Gasteiger partial charge in [0.1, 0.15) is 5.75 Å². The van der Waals surface area contributed by atoms with Gasteiger partial charge < -0.3 is 10.4 Å². The Balaban J connectivity index is 2.34. The van der Waals surface area contributed by atoms with Gasteiger partial charge in [0.2, 0.25) is 0 Å². The van der Waals surface area contributed by atoms with Crippen LogP contribution in [0, 0.1) is 0 Å². The molecule has 0 aliphatic carbocycles. The molecular weight excluding hydrogens is 360 g/mol. The minimum absolute atomic E-state index is 0.263. The molecule has 2 rings (SSSR count). The first kappa shape index (κ1) is 14.3. The average Bonchev–Trinajstić information content (AvgIpc) is 2.40. The van der Waals surface area contributed by atoms with Crippen LogP contribution in [-0.4, -0.2) is 36.2 Å². The summed E-state index contributed by atoms with van der Waals surface area (Å²) in [6, 6.07) is 4.12. The third kappa shape index (κ3) is 2.90. The number of halogens is 2. The van der Waals surface area contributed by atoms with Crippen molar-refractivity contribution in [2.75, 3.05) is 26.2 Å². The van der Waals surface area contributed by atoms with Crippen molar-refractivity contribution in [1.82, 2.24) is 10.2 Å². The first-order valence-electron chi connectivity index (χ1n) is 6.26. The lowest BCUT2D eigenvalue weighted by atomic mass is 10.0. The van der Waals surface area contributed by atoms with Gasteiger partial charge in [-0.3, -0.25) is 4.90 Å². The molecule has 1 aromatic carbocycles. The highest BCUT2D eigenvalue weighted by Crippen LogP contribution is 2.40. The lowest BCUT2D eigenvalue weighted by Crippen LogP contribution is -2.45. The fraction of sp³-hybridized carbons (Fsp3) is 0.538. The number of benzene rings is 1. The molecule has 0 saturated carbocycles. The standard InChI is InChI=1S/C13H18Br2N2O/c1-2-11(17-7-5-16-6-8-17)12-9(14)3-4-10(15)13(12)18/h3-4,11,16,18H,2,5-8H2,1H3/t11-/m0/s1. The van der Waals surface area contributed by atoms with Crippen molar-refractivity contribution in [3.63, 3.8) is 0 Å². The number of nitrogens with zero attached hydrogens (tertiary/aromatic N) is 1. The van der Waals surface area contributed by atoms with E-state index in [1.165, 1.54) is 0 Å². The van der Waals surface area contributed by atoms with Crippen LogP contribution in [0.1, 0.15) is 24.9 Å². The number of aromatic hydroxyl groups is 1. The van der Waals surface area contributed by atoms with Crippen LogP contribution in [-0.2, 0) is 0 Å². The highest BCUT2D eigenvalue weighted by Gasteiger charge is 2.25. The van der Waals surface area contributed by atoms with E-state index in [4.69, 9.17) is 0 Å². The van der Waals surface area contributed by atoms with E-state index in [0.29, 0.717) is 5.75 Å². The second kappa shape index (κ2) is 6.37. The summed E-state index contributed by atoms with van der Waals surface area (Å²) in [4.78, 5) is 2.43. The first-order chi connectivity index (χ1) is 8.65. The normalized spacial score (nSPS) is 18.8. The van der Waals surface area contributed by atoms with Crippen molar-refractivity contribution in [1.29, 1.82) is 0 Å². The lowest BCUT2D eigenvalue weighted by Gasteiger charge is -2.35. The Morgan fingerprint density at radius 3 is 2.50 bits per heavy atom. The van der Waals surface area contributed by atoms with Gasteiger partial charge >= 0.3 is 0 Å². The Morgan fingerprint density at radius 2 is 1.89 bits per heavy atom. The maximum atomic E-state index is 10.3. The van der Waals surface area contributed by atoms with E-state index in [1.54, 1.807) is 0 Å². The molecular formula is C13H18Br2N2O.